The van der Waals surface area contributed by atoms with E-state index < -0.39 is 8.32 Å². The zero-order chi connectivity index (χ0) is 11.2. The molecule has 0 amide bonds. The van der Waals surface area contributed by atoms with E-state index in [-0.39, 0.29) is 0 Å². The summed E-state index contributed by atoms with van der Waals surface area (Å²) in [6.07, 6.45) is 5.78. The first-order chi connectivity index (χ1) is 6.39. The lowest BCUT2D eigenvalue weighted by Gasteiger charge is -2.27. The molecule has 0 aromatic rings. The van der Waals surface area contributed by atoms with Crippen LogP contribution in [0.25, 0.3) is 0 Å². The summed E-state index contributed by atoms with van der Waals surface area (Å²) in [7, 11) is -1.38. The summed E-state index contributed by atoms with van der Waals surface area (Å²) in [5, 5.41) is 0. The van der Waals surface area contributed by atoms with E-state index in [1.807, 2.05) is 6.08 Å². The Balaban J connectivity index is 4.08. The van der Waals surface area contributed by atoms with Crippen molar-refractivity contribution < 1.29 is 4.43 Å². The summed E-state index contributed by atoms with van der Waals surface area (Å²) in [5.74, 6) is 0.760. The molecule has 0 fully saturated rings. The third kappa shape index (κ3) is 7.33. The van der Waals surface area contributed by atoms with Gasteiger partial charge in [-0.3, -0.25) is 0 Å². The van der Waals surface area contributed by atoms with Crippen molar-refractivity contribution in [1.82, 2.24) is 0 Å². The van der Waals surface area contributed by atoms with Crippen LogP contribution in [-0.2, 0) is 4.43 Å². The summed E-state index contributed by atoms with van der Waals surface area (Å²) < 4.78 is 6.12. The predicted octanol–water partition coefficient (Wildman–Crippen LogP) is 4.22. The molecule has 1 nitrogen and oxygen atoms in total. The second-order valence-corrected chi connectivity index (χ2v) is 9.59. The lowest BCUT2D eigenvalue weighted by Crippen LogP contribution is -2.32. The normalized spacial score (nSPS) is 16.4. The summed E-state index contributed by atoms with van der Waals surface area (Å²) in [5.41, 5.74) is 0. The van der Waals surface area contributed by atoms with Crippen molar-refractivity contribution >= 4 is 8.32 Å². The van der Waals surface area contributed by atoms with Crippen LogP contribution >= 0.6 is 0 Å². The third-order valence-corrected chi connectivity index (χ3v) is 3.35. The van der Waals surface area contributed by atoms with E-state index in [0.717, 1.165) is 12.3 Å². The van der Waals surface area contributed by atoms with Crippen molar-refractivity contribution in [3.63, 3.8) is 0 Å². The first kappa shape index (κ1) is 13.9. The van der Waals surface area contributed by atoms with Gasteiger partial charge < -0.3 is 4.43 Å². The van der Waals surface area contributed by atoms with Gasteiger partial charge in [-0.15, -0.1) is 6.58 Å². The van der Waals surface area contributed by atoms with Crippen molar-refractivity contribution in [1.29, 1.82) is 0 Å². The smallest absolute Gasteiger partial charge is 0.184 e. The quantitative estimate of drug-likeness (QED) is 0.455. The van der Waals surface area contributed by atoms with Gasteiger partial charge in [-0.2, -0.15) is 0 Å². The Morgan fingerprint density at radius 1 is 1.36 bits per heavy atom. The van der Waals surface area contributed by atoms with Crippen molar-refractivity contribution in [3.05, 3.63) is 12.7 Å². The predicted molar refractivity (Wildman–Crippen MR) is 67.1 cm³/mol. The molecule has 84 valence electrons. The Kier molecular flexibility index (Phi) is 6.37. The Bertz CT molecular complexity index is 160. The molecule has 0 N–H and O–H groups in total. The minimum absolute atomic E-state index is 0.397. The van der Waals surface area contributed by atoms with E-state index in [2.05, 4.69) is 40.1 Å². The van der Waals surface area contributed by atoms with Crippen molar-refractivity contribution in [2.75, 3.05) is 0 Å². The minimum Gasteiger partial charge on any atom is -0.414 e. The second-order valence-electron chi connectivity index (χ2n) is 5.13. The lowest BCUT2D eigenvalue weighted by atomic mass is 9.99. The fourth-order valence-electron chi connectivity index (χ4n) is 1.49. The molecule has 0 aromatic carbocycles. The highest BCUT2D eigenvalue weighted by molar-refractivity contribution is 6.69. The molecule has 0 saturated carbocycles. The zero-order valence-corrected chi connectivity index (χ0v) is 11.5. The van der Waals surface area contributed by atoms with Crippen LogP contribution in [-0.4, -0.2) is 14.4 Å². The number of hydrogen-bond donors (Lipinski definition) is 0. The molecule has 14 heavy (non-hydrogen) atoms. The minimum atomic E-state index is -1.38. The Morgan fingerprint density at radius 3 is 2.29 bits per heavy atom. The third-order valence-electron chi connectivity index (χ3n) is 2.31. The molecule has 0 spiro atoms. The monoisotopic (exact) mass is 214 g/mol. The standard InChI is InChI=1S/C12H26OSi/c1-7-9-12(10-11(3)8-2)13-14(4,5)6/h7,11-12H,1,8-10H2,2-6H3. The van der Waals surface area contributed by atoms with Gasteiger partial charge in [0.1, 0.15) is 0 Å². The van der Waals surface area contributed by atoms with Gasteiger partial charge in [-0.1, -0.05) is 26.3 Å². The Labute approximate surface area is 90.7 Å². The molecule has 2 heteroatoms. The van der Waals surface area contributed by atoms with E-state index in [0.29, 0.717) is 6.10 Å². The molecular weight excluding hydrogens is 188 g/mol. The highest BCUT2D eigenvalue weighted by Gasteiger charge is 2.21. The van der Waals surface area contributed by atoms with Crippen LogP contribution in [0.3, 0.4) is 0 Å². The molecular formula is C12H26OSi. The largest absolute Gasteiger partial charge is 0.414 e. The molecule has 0 saturated heterocycles. The van der Waals surface area contributed by atoms with E-state index in [9.17, 15) is 0 Å². The molecule has 0 aliphatic heterocycles. The van der Waals surface area contributed by atoms with Crippen molar-refractivity contribution in [2.45, 2.75) is 58.9 Å². The van der Waals surface area contributed by atoms with Gasteiger partial charge in [0.2, 0.25) is 0 Å². The average molecular weight is 214 g/mol. The van der Waals surface area contributed by atoms with Gasteiger partial charge >= 0.3 is 0 Å². The topological polar surface area (TPSA) is 9.23 Å². The van der Waals surface area contributed by atoms with Gasteiger partial charge in [0, 0.05) is 6.10 Å². The zero-order valence-electron chi connectivity index (χ0n) is 10.5. The molecule has 0 aliphatic carbocycles. The molecule has 2 atom stereocenters. The van der Waals surface area contributed by atoms with Crippen LogP contribution in [0.1, 0.15) is 33.1 Å². The van der Waals surface area contributed by atoms with E-state index in [1.165, 1.54) is 12.8 Å². The fraction of sp³-hybridized carbons (Fsp3) is 0.833. The summed E-state index contributed by atoms with van der Waals surface area (Å²) >= 11 is 0. The van der Waals surface area contributed by atoms with Gasteiger partial charge in [0.15, 0.2) is 8.32 Å². The van der Waals surface area contributed by atoms with Crippen LogP contribution in [0, 0.1) is 5.92 Å². The van der Waals surface area contributed by atoms with E-state index in [1.54, 1.807) is 0 Å². The van der Waals surface area contributed by atoms with Gasteiger partial charge in [-0.25, -0.2) is 0 Å². The van der Waals surface area contributed by atoms with Gasteiger partial charge in [0.25, 0.3) is 0 Å². The SMILES string of the molecule is C=CCC(CC(C)CC)O[Si](C)(C)C. The van der Waals surface area contributed by atoms with Gasteiger partial charge in [0.05, 0.1) is 0 Å². The molecule has 2 unspecified atom stereocenters. The maximum Gasteiger partial charge on any atom is 0.184 e. The molecule has 0 heterocycles. The van der Waals surface area contributed by atoms with Gasteiger partial charge in [-0.05, 0) is 38.4 Å². The van der Waals surface area contributed by atoms with Crippen LogP contribution in [0.15, 0.2) is 12.7 Å². The molecule has 0 bridgehead atoms. The fourth-order valence-corrected chi connectivity index (χ4v) is 2.69. The van der Waals surface area contributed by atoms with Crippen LogP contribution in [0.5, 0.6) is 0 Å². The summed E-state index contributed by atoms with van der Waals surface area (Å²) in [4.78, 5) is 0. The number of hydrogen-bond acceptors (Lipinski definition) is 1. The summed E-state index contributed by atoms with van der Waals surface area (Å²) in [6.45, 7) is 15.1. The number of rotatable bonds is 7. The Morgan fingerprint density at radius 2 is 1.93 bits per heavy atom. The molecule has 0 radical (unpaired) electrons. The van der Waals surface area contributed by atoms with E-state index >= 15 is 0 Å². The van der Waals surface area contributed by atoms with E-state index in [4.69, 9.17) is 4.43 Å². The molecule has 0 rings (SSSR count). The second kappa shape index (κ2) is 6.41. The Hall–Kier alpha value is -0.0831. The van der Waals surface area contributed by atoms with Crippen LogP contribution in [0.2, 0.25) is 19.6 Å². The van der Waals surface area contributed by atoms with Crippen molar-refractivity contribution in [3.8, 4) is 0 Å². The first-order valence-corrected chi connectivity index (χ1v) is 9.08. The highest BCUT2D eigenvalue weighted by atomic mass is 28.4. The molecule has 0 aromatic heterocycles. The highest BCUT2D eigenvalue weighted by Crippen LogP contribution is 2.19. The maximum absolute atomic E-state index is 6.12. The maximum atomic E-state index is 6.12. The van der Waals surface area contributed by atoms with Crippen molar-refractivity contribution in [2.24, 2.45) is 5.92 Å². The average Bonchev–Trinajstić information content (AvgIpc) is 2.01. The lowest BCUT2D eigenvalue weighted by molar-refractivity contribution is 0.165. The van der Waals surface area contributed by atoms with Crippen LogP contribution in [0.4, 0.5) is 0 Å². The first-order valence-electron chi connectivity index (χ1n) is 5.67. The molecule has 0 aliphatic rings. The van der Waals surface area contributed by atoms with Crippen LogP contribution < -0.4 is 0 Å². The summed E-state index contributed by atoms with van der Waals surface area (Å²) in [6, 6.07) is 0.